The molecule has 3 rings (SSSR count). The van der Waals surface area contributed by atoms with Crippen LogP contribution in [-0.2, 0) is 4.74 Å². The summed E-state index contributed by atoms with van der Waals surface area (Å²) in [5, 5.41) is 17.6. The van der Waals surface area contributed by atoms with Gasteiger partial charge < -0.3 is 15.2 Å². The summed E-state index contributed by atoms with van der Waals surface area (Å²) in [6.07, 6.45) is 3.61. The predicted molar refractivity (Wildman–Crippen MR) is 74.0 cm³/mol. The normalized spacial score (nSPS) is 24.6. The van der Waals surface area contributed by atoms with Crippen LogP contribution in [0.4, 0.5) is 0 Å². The lowest BCUT2D eigenvalue weighted by Gasteiger charge is -2.22. The molecule has 6 nitrogen and oxygen atoms in total. The van der Waals surface area contributed by atoms with Gasteiger partial charge in [0, 0.05) is 36.5 Å². The molecule has 2 N–H and O–H groups in total. The molecule has 1 saturated heterocycles. The lowest BCUT2D eigenvalue weighted by molar-refractivity contribution is 0.0587. The fourth-order valence-corrected chi connectivity index (χ4v) is 2.47. The fraction of sp³-hybridized carbons (Fsp3) is 0.357. The summed E-state index contributed by atoms with van der Waals surface area (Å²) < 4.78 is 5.58. The highest BCUT2D eigenvalue weighted by molar-refractivity contribution is 5.66. The van der Waals surface area contributed by atoms with Crippen LogP contribution >= 0.6 is 0 Å². The van der Waals surface area contributed by atoms with E-state index in [-0.39, 0.29) is 11.9 Å². The van der Waals surface area contributed by atoms with Gasteiger partial charge in [-0.1, -0.05) is 0 Å². The quantitative estimate of drug-likeness (QED) is 0.738. The van der Waals surface area contributed by atoms with Crippen LogP contribution in [0.5, 0.6) is 0 Å². The molecular formula is C14H15N3O3. The third-order valence-electron chi connectivity index (χ3n) is 3.46. The Morgan fingerprint density at radius 1 is 1.55 bits per heavy atom. The fourth-order valence-electron chi connectivity index (χ4n) is 2.47. The number of fused-ring (bicyclic) bond motifs is 1. The summed E-state index contributed by atoms with van der Waals surface area (Å²) in [5.41, 5.74) is 1.03. The van der Waals surface area contributed by atoms with Crippen molar-refractivity contribution in [2.75, 3.05) is 19.7 Å². The summed E-state index contributed by atoms with van der Waals surface area (Å²) in [6.45, 7) is 2.15. The summed E-state index contributed by atoms with van der Waals surface area (Å²) in [4.78, 5) is 15.1. The molecule has 1 aromatic heterocycles. The highest BCUT2D eigenvalue weighted by atomic mass is 16.5. The molecule has 1 aromatic rings. The second-order valence-corrected chi connectivity index (χ2v) is 4.77. The van der Waals surface area contributed by atoms with Gasteiger partial charge in [-0.05, 0) is 23.4 Å². The molecule has 1 aliphatic carbocycles. The van der Waals surface area contributed by atoms with Gasteiger partial charge in [-0.3, -0.25) is 4.98 Å². The molecule has 0 bridgehead atoms. The lowest BCUT2D eigenvalue weighted by atomic mass is 9.99. The maximum Gasteiger partial charge on any atom is 0.145 e. The van der Waals surface area contributed by atoms with Crippen LogP contribution in [0.2, 0.25) is 0 Å². The molecule has 0 radical (unpaired) electrons. The number of nitroso groups, excluding NO2 is 1. The van der Waals surface area contributed by atoms with Gasteiger partial charge in [0.2, 0.25) is 0 Å². The molecule has 1 atom stereocenters. The van der Waals surface area contributed by atoms with Crippen molar-refractivity contribution >= 4 is 11.5 Å². The highest BCUT2D eigenvalue weighted by Gasteiger charge is 2.20. The van der Waals surface area contributed by atoms with Crippen LogP contribution in [0.15, 0.2) is 35.2 Å². The van der Waals surface area contributed by atoms with E-state index in [4.69, 9.17) is 4.74 Å². The number of hydrogen-bond donors (Lipinski definition) is 2. The Morgan fingerprint density at radius 3 is 3.20 bits per heavy atom. The first-order valence-electron chi connectivity index (χ1n) is 6.54. The number of nitrogens with one attached hydrogen (secondary N) is 1. The van der Waals surface area contributed by atoms with Crippen molar-refractivity contribution in [2.45, 2.75) is 12.5 Å². The van der Waals surface area contributed by atoms with Gasteiger partial charge in [0.25, 0.3) is 0 Å². The average Bonchev–Trinajstić information content (AvgIpc) is 2.51. The van der Waals surface area contributed by atoms with Crippen LogP contribution < -0.4 is 15.9 Å². The zero-order valence-corrected chi connectivity index (χ0v) is 10.9. The maximum absolute atomic E-state index is 11.0. The maximum atomic E-state index is 11.0. The van der Waals surface area contributed by atoms with Crippen LogP contribution in [0.1, 0.15) is 6.42 Å². The molecule has 0 spiro atoms. The first kappa shape index (κ1) is 13.0. The molecule has 1 fully saturated rings. The van der Waals surface area contributed by atoms with Crippen molar-refractivity contribution < 1.29 is 9.84 Å². The Bertz CT molecular complexity index is 675. The molecule has 0 amide bonds. The third kappa shape index (κ3) is 2.35. The first-order chi connectivity index (χ1) is 9.79. The third-order valence-corrected chi connectivity index (χ3v) is 3.46. The molecule has 1 unspecified atom stereocenters. The molecule has 2 heterocycles. The van der Waals surface area contributed by atoms with Crippen molar-refractivity contribution in [3.63, 3.8) is 0 Å². The zero-order chi connectivity index (χ0) is 13.9. The minimum Gasteiger partial charge on any atom is -0.505 e. The number of pyridine rings is 1. The topological polar surface area (TPSA) is 83.8 Å². The molecule has 0 saturated carbocycles. The number of ether oxygens (including phenoxy) is 1. The van der Waals surface area contributed by atoms with E-state index in [9.17, 15) is 10.0 Å². The van der Waals surface area contributed by atoms with Crippen molar-refractivity contribution in [1.82, 2.24) is 10.3 Å². The van der Waals surface area contributed by atoms with Gasteiger partial charge in [0.15, 0.2) is 0 Å². The number of hydrogen-bond acceptors (Lipinski definition) is 6. The van der Waals surface area contributed by atoms with Crippen molar-refractivity contribution in [3.8, 4) is 0 Å². The van der Waals surface area contributed by atoms with Gasteiger partial charge in [-0.15, -0.1) is 4.91 Å². The van der Waals surface area contributed by atoms with E-state index in [1.807, 2.05) is 6.08 Å². The monoisotopic (exact) mass is 273 g/mol. The molecule has 1 aliphatic heterocycles. The van der Waals surface area contributed by atoms with E-state index in [0.29, 0.717) is 41.4 Å². The van der Waals surface area contributed by atoms with Crippen LogP contribution in [0.25, 0.3) is 11.5 Å². The Morgan fingerprint density at radius 2 is 2.45 bits per heavy atom. The van der Waals surface area contributed by atoms with Gasteiger partial charge in [0.05, 0.1) is 18.4 Å². The summed E-state index contributed by atoms with van der Waals surface area (Å²) >= 11 is 0. The zero-order valence-electron chi connectivity index (χ0n) is 10.9. The van der Waals surface area contributed by atoms with Crippen LogP contribution in [0, 0.1) is 4.91 Å². The second kappa shape index (κ2) is 5.52. The SMILES string of the molecule is O=NC1=c2cccnc2=C(O)C(=CC2CNCCO2)C1. The molecule has 20 heavy (non-hydrogen) atoms. The summed E-state index contributed by atoms with van der Waals surface area (Å²) in [5.74, 6) is 0.0992. The standard InChI is InChI=1S/C14H15N3O3/c18-14-9(6-10-8-15-4-5-20-10)7-12(17-19)11-2-1-3-16-13(11)14/h1-3,6,10,15,18H,4-5,7-8H2. The number of nitrogens with zero attached hydrogens (tertiary/aromatic N) is 2. The molecule has 104 valence electrons. The number of rotatable bonds is 2. The number of aliphatic hydroxyl groups is 1. The van der Waals surface area contributed by atoms with Gasteiger partial charge in [0.1, 0.15) is 11.1 Å². The van der Waals surface area contributed by atoms with E-state index in [1.165, 1.54) is 0 Å². The molecule has 2 aliphatic rings. The molecular weight excluding hydrogens is 258 g/mol. The van der Waals surface area contributed by atoms with Crippen LogP contribution in [0.3, 0.4) is 0 Å². The summed E-state index contributed by atoms with van der Waals surface area (Å²) in [6, 6.07) is 3.46. The van der Waals surface area contributed by atoms with Gasteiger partial charge in [-0.25, -0.2) is 0 Å². The first-order valence-corrected chi connectivity index (χ1v) is 6.54. The van der Waals surface area contributed by atoms with Crippen molar-refractivity contribution in [1.29, 1.82) is 0 Å². The Labute approximate surface area is 115 Å². The van der Waals surface area contributed by atoms with E-state index in [1.54, 1.807) is 18.3 Å². The predicted octanol–water partition coefficient (Wildman–Crippen LogP) is -0.0591. The van der Waals surface area contributed by atoms with Gasteiger partial charge >= 0.3 is 0 Å². The Kier molecular flexibility index (Phi) is 3.58. The minimum atomic E-state index is -0.112. The van der Waals surface area contributed by atoms with E-state index in [2.05, 4.69) is 15.5 Å². The lowest BCUT2D eigenvalue weighted by Crippen LogP contribution is -2.38. The molecule has 0 aromatic carbocycles. The van der Waals surface area contributed by atoms with Crippen molar-refractivity contribution in [2.24, 2.45) is 5.18 Å². The van der Waals surface area contributed by atoms with Gasteiger partial charge in [-0.2, -0.15) is 0 Å². The number of aromatic nitrogens is 1. The minimum absolute atomic E-state index is 0.0992. The van der Waals surface area contributed by atoms with E-state index < -0.39 is 0 Å². The number of aliphatic hydroxyl groups excluding tert-OH is 1. The Balaban J connectivity index is 2.07. The molecule has 6 heteroatoms. The summed E-state index contributed by atoms with van der Waals surface area (Å²) in [7, 11) is 0. The van der Waals surface area contributed by atoms with E-state index >= 15 is 0 Å². The Hall–Kier alpha value is -2.05. The largest absolute Gasteiger partial charge is 0.505 e. The smallest absolute Gasteiger partial charge is 0.145 e. The average molecular weight is 273 g/mol. The van der Waals surface area contributed by atoms with Crippen LogP contribution in [-0.4, -0.2) is 35.9 Å². The van der Waals surface area contributed by atoms with E-state index in [0.717, 1.165) is 6.54 Å². The number of morpholine rings is 1. The van der Waals surface area contributed by atoms with Crippen molar-refractivity contribution in [3.05, 3.63) is 45.5 Å². The second-order valence-electron chi connectivity index (χ2n) is 4.77. The highest BCUT2D eigenvalue weighted by Crippen LogP contribution is 2.21.